The Hall–Kier alpha value is -0.860. The fraction of sp³-hybridized carbons (Fsp3) is 0.684. The zero-order valence-electron chi connectivity index (χ0n) is 14.7. The summed E-state index contributed by atoms with van der Waals surface area (Å²) in [5.74, 6) is 0. The normalized spacial score (nSPS) is 13.6. The molecule has 0 saturated heterocycles. The van der Waals surface area contributed by atoms with Gasteiger partial charge in [0.25, 0.3) is 0 Å². The van der Waals surface area contributed by atoms with Crippen LogP contribution in [0.25, 0.3) is 0 Å². The summed E-state index contributed by atoms with van der Waals surface area (Å²) >= 11 is 0. The van der Waals surface area contributed by atoms with Crippen LogP contribution in [-0.2, 0) is 0 Å². The van der Waals surface area contributed by atoms with E-state index in [9.17, 15) is 0 Å². The van der Waals surface area contributed by atoms with E-state index in [2.05, 4.69) is 75.4 Å². The van der Waals surface area contributed by atoms with Gasteiger partial charge in [0.15, 0.2) is 0 Å². The van der Waals surface area contributed by atoms with Gasteiger partial charge in [-0.05, 0) is 31.5 Å². The van der Waals surface area contributed by atoms with Gasteiger partial charge in [-0.1, -0.05) is 70.4 Å². The number of unbranched alkanes of at least 4 members (excludes halogenated alkanes) is 2. The lowest BCUT2D eigenvalue weighted by Gasteiger charge is -2.31. The maximum absolute atomic E-state index is 3.81. The van der Waals surface area contributed by atoms with Gasteiger partial charge in [-0.25, -0.2) is 0 Å². The molecule has 0 aromatic heterocycles. The van der Waals surface area contributed by atoms with E-state index in [1.54, 1.807) is 0 Å². The summed E-state index contributed by atoms with van der Waals surface area (Å²) in [6.07, 6.45) is 5.15. The average molecular weight is 290 g/mol. The molecule has 0 radical (unpaired) electrons. The molecule has 2 heteroatoms. The minimum absolute atomic E-state index is 0.293. The van der Waals surface area contributed by atoms with Gasteiger partial charge in [-0.15, -0.1) is 0 Å². The second-order valence-corrected chi connectivity index (χ2v) is 7.24. The van der Waals surface area contributed by atoms with Crippen LogP contribution in [-0.4, -0.2) is 32.1 Å². The SMILES string of the molecule is CCCCCC(NCC(C)(C)CN(C)C)c1ccccc1. The highest BCUT2D eigenvalue weighted by molar-refractivity contribution is 5.18. The van der Waals surface area contributed by atoms with Gasteiger partial charge in [-0.2, -0.15) is 0 Å². The van der Waals surface area contributed by atoms with Crippen molar-refractivity contribution in [3.05, 3.63) is 35.9 Å². The van der Waals surface area contributed by atoms with Crippen LogP contribution >= 0.6 is 0 Å². The largest absolute Gasteiger partial charge is 0.309 e. The number of nitrogens with zero attached hydrogens (tertiary/aromatic N) is 1. The Bertz CT molecular complexity index is 370. The van der Waals surface area contributed by atoms with Crippen molar-refractivity contribution in [2.24, 2.45) is 5.41 Å². The number of hydrogen-bond donors (Lipinski definition) is 1. The maximum Gasteiger partial charge on any atom is 0.0320 e. The molecule has 0 saturated carbocycles. The highest BCUT2D eigenvalue weighted by Gasteiger charge is 2.21. The fourth-order valence-electron chi connectivity index (χ4n) is 2.98. The van der Waals surface area contributed by atoms with Gasteiger partial charge in [-0.3, -0.25) is 0 Å². The minimum atomic E-state index is 0.293. The van der Waals surface area contributed by atoms with Crippen LogP contribution in [0.5, 0.6) is 0 Å². The van der Waals surface area contributed by atoms with Crippen molar-refractivity contribution in [2.75, 3.05) is 27.2 Å². The molecule has 0 aliphatic rings. The molecule has 1 rings (SSSR count). The minimum Gasteiger partial charge on any atom is -0.309 e. The molecule has 0 spiro atoms. The van der Waals surface area contributed by atoms with Crippen LogP contribution in [0, 0.1) is 5.41 Å². The first-order valence-corrected chi connectivity index (χ1v) is 8.37. The van der Waals surface area contributed by atoms with E-state index in [0.29, 0.717) is 11.5 Å². The van der Waals surface area contributed by atoms with E-state index in [-0.39, 0.29) is 0 Å². The molecule has 0 fully saturated rings. The number of hydrogen-bond acceptors (Lipinski definition) is 2. The number of benzene rings is 1. The van der Waals surface area contributed by atoms with Gasteiger partial charge in [0, 0.05) is 19.1 Å². The van der Waals surface area contributed by atoms with Crippen molar-refractivity contribution < 1.29 is 0 Å². The number of rotatable bonds is 10. The predicted octanol–water partition coefficient (Wildman–Crippen LogP) is 4.49. The Morgan fingerprint density at radius 1 is 1.10 bits per heavy atom. The lowest BCUT2D eigenvalue weighted by Crippen LogP contribution is -2.39. The Kier molecular flexibility index (Phi) is 7.98. The van der Waals surface area contributed by atoms with Crippen LogP contribution in [0.2, 0.25) is 0 Å². The summed E-state index contributed by atoms with van der Waals surface area (Å²) in [6.45, 7) is 9.11. The van der Waals surface area contributed by atoms with E-state index < -0.39 is 0 Å². The molecule has 120 valence electrons. The van der Waals surface area contributed by atoms with Gasteiger partial charge in [0.05, 0.1) is 0 Å². The van der Waals surface area contributed by atoms with Gasteiger partial charge in [0.2, 0.25) is 0 Å². The summed E-state index contributed by atoms with van der Waals surface area (Å²) in [5.41, 5.74) is 1.72. The standard InChI is InChI=1S/C19H34N2/c1-6-7-9-14-18(17-12-10-8-11-13-17)20-15-19(2,3)16-21(4)5/h8,10-13,18,20H,6-7,9,14-16H2,1-5H3. The third-order valence-electron chi connectivity index (χ3n) is 3.87. The molecule has 0 aliphatic carbocycles. The molecular weight excluding hydrogens is 256 g/mol. The predicted molar refractivity (Wildman–Crippen MR) is 93.7 cm³/mol. The second kappa shape index (κ2) is 9.22. The molecule has 0 amide bonds. The Morgan fingerprint density at radius 2 is 1.76 bits per heavy atom. The van der Waals surface area contributed by atoms with Crippen LogP contribution in [0.4, 0.5) is 0 Å². The molecule has 0 aliphatic heterocycles. The van der Waals surface area contributed by atoms with Crippen LogP contribution in [0.1, 0.15) is 58.1 Å². The van der Waals surface area contributed by atoms with Crippen molar-refractivity contribution in [3.8, 4) is 0 Å². The van der Waals surface area contributed by atoms with E-state index in [0.717, 1.165) is 13.1 Å². The topological polar surface area (TPSA) is 15.3 Å². The Labute approximate surface area is 131 Å². The van der Waals surface area contributed by atoms with Crippen LogP contribution in [0.3, 0.4) is 0 Å². The van der Waals surface area contributed by atoms with Crippen molar-refractivity contribution >= 4 is 0 Å². The highest BCUT2D eigenvalue weighted by Crippen LogP contribution is 2.22. The molecule has 1 aromatic carbocycles. The van der Waals surface area contributed by atoms with Crippen molar-refractivity contribution in [1.29, 1.82) is 0 Å². The van der Waals surface area contributed by atoms with E-state index in [1.165, 1.54) is 31.2 Å². The first-order chi connectivity index (χ1) is 9.94. The molecule has 1 unspecified atom stereocenters. The van der Waals surface area contributed by atoms with Gasteiger partial charge in [0.1, 0.15) is 0 Å². The zero-order chi connectivity index (χ0) is 15.7. The smallest absolute Gasteiger partial charge is 0.0320 e. The summed E-state index contributed by atoms with van der Waals surface area (Å²) in [7, 11) is 4.30. The summed E-state index contributed by atoms with van der Waals surface area (Å²) in [4.78, 5) is 2.27. The summed E-state index contributed by atoms with van der Waals surface area (Å²) in [5, 5.41) is 3.81. The quantitative estimate of drug-likeness (QED) is 0.639. The van der Waals surface area contributed by atoms with E-state index in [1.807, 2.05) is 0 Å². The third kappa shape index (κ3) is 7.63. The first kappa shape index (κ1) is 18.2. The monoisotopic (exact) mass is 290 g/mol. The molecule has 0 bridgehead atoms. The fourth-order valence-corrected chi connectivity index (χ4v) is 2.98. The summed E-state index contributed by atoms with van der Waals surface area (Å²) in [6, 6.07) is 11.4. The molecule has 1 N–H and O–H groups in total. The molecule has 0 heterocycles. The van der Waals surface area contributed by atoms with E-state index >= 15 is 0 Å². The Balaban J connectivity index is 2.61. The first-order valence-electron chi connectivity index (χ1n) is 8.37. The molecular formula is C19H34N2. The van der Waals surface area contributed by atoms with Gasteiger partial charge >= 0.3 is 0 Å². The highest BCUT2D eigenvalue weighted by atomic mass is 15.1. The second-order valence-electron chi connectivity index (χ2n) is 7.24. The van der Waals surface area contributed by atoms with Crippen molar-refractivity contribution in [3.63, 3.8) is 0 Å². The number of nitrogens with one attached hydrogen (secondary N) is 1. The lowest BCUT2D eigenvalue weighted by atomic mass is 9.91. The molecule has 2 nitrogen and oxygen atoms in total. The van der Waals surface area contributed by atoms with Crippen LogP contribution < -0.4 is 5.32 Å². The molecule has 1 aromatic rings. The van der Waals surface area contributed by atoms with Crippen molar-refractivity contribution in [1.82, 2.24) is 10.2 Å². The summed E-state index contributed by atoms with van der Waals surface area (Å²) < 4.78 is 0. The lowest BCUT2D eigenvalue weighted by molar-refractivity contribution is 0.223. The zero-order valence-corrected chi connectivity index (χ0v) is 14.7. The average Bonchev–Trinajstić information content (AvgIpc) is 2.42. The third-order valence-corrected chi connectivity index (χ3v) is 3.87. The van der Waals surface area contributed by atoms with Gasteiger partial charge < -0.3 is 10.2 Å². The van der Waals surface area contributed by atoms with Crippen LogP contribution in [0.15, 0.2) is 30.3 Å². The Morgan fingerprint density at radius 3 is 2.33 bits per heavy atom. The van der Waals surface area contributed by atoms with E-state index in [4.69, 9.17) is 0 Å². The molecule has 1 atom stereocenters. The maximum atomic E-state index is 3.81. The van der Waals surface area contributed by atoms with Crippen molar-refractivity contribution in [2.45, 2.75) is 52.5 Å². The molecule has 21 heavy (non-hydrogen) atoms.